The average Bonchev–Trinajstić information content (AvgIpc) is 2.67. The van der Waals surface area contributed by atoms with Gasteiger partial charge in [0.15, 0.2) is 0 Å². The molecule has 0 spiro atoms. The Morgan fingerprint density at radius 1 is 1.07 bits per heavy atom. The van der Waals surface area contributed by atoms with Gasteiger partial charge in [0.2, 0.25) is 0 Å². The molecule has 1 unspecified atom stereocenters. The fourth-order valence-corrected chi connectivity index (χ4v) is 2.93. The van der Waals surface area contributed by atoms with Crippen molar-refractivity contribution in [1.82, 2.24) is 0 Å². The van der Waals surface area contributed by atoms with E-state index in [1.54, 1.807) is 49.4 Å². The molecule has 2 aromatic carbocycles. The largest absolute Gasteiger partial charge is 0.465 e. The van der Waals surface area contributed by atoms with E-state index in [0.717, 1.165) is 5.56 Å². The van der Waals surface area contributed by atoms with Crippen molar-refractivity contribution in [1.29, 1.82) is 0 Å². The highest BCUT2D eigenvalue weighted by atomic mass is 16.6. The normalized spacial score (nSPS) is 11.6. The topological polar surface area (TPSA) is 86.5 Å². The van der Waals surface area contributed by atoms with Crippen LogP contribution in [0.4, 0.5) is 5.69 Å². The summed E-state index contributed by atoms with van der Waals surface area (Å²) in [6.45, 7) is 3.83. The second kappa shape index (κ2) is 9.62. The number of nitro benzene ring substituents is 1. The third-order valence-corrected chi connectivity index (χ3v) is 4.26. The molecule has 0 aliphatic carbocycles. The first-order chi connectivity index (χ1) is 13.0. The molecule has 0 saturated heterocycles. The smallest absolute Gasteiger partial charge is 0.316 e. The van der Waals surface area contributed by atoms with E-state index in [2.05, 4.69) is 0 Å². The van der Waals surface area contributed by atoms with Gasteiger partial charge in [0, 0.05) is 12.5 Å². The van der Waals surface area contributed by atoms with Crippen LogP contribution in [0.15, 0.2) is 48.5 Å². The second-order valence-electron chi connectivity index (χ2n) is 6.20. The Balaban J connectivity index is 2.24. The van der Waals surface area contributed by atoms with Gasteiger partial charge in [0.25, 0.3) is 5.69 Å². The molecule has 0 aliphatic heterocycles. The Morgan fingerprint density at radius 3 is 2.33 bits per heavy atom. The van der Waals surface area contributed by atoms with Crippen molar-refractivity contribution in [2.24, 2.45) is 5.92 Å². The molecular weight excluding hydrogens is 346 g/mol. The molecule has 0 radical (unpaired) electrons. The Labute approximate surface area is 158 Å². The predicted octanol–water partition coefficient (Wildman–Crippen LogP) is 4.35. The standard InChI is InChI=1S/C21H23NO5/c1-3-7-20(23)18(21(24)27-4-2)14-15-10-12-16(13-11-15)17-8-5-6-9-19(17)22(25)26/h5-6,8-13,18H,3-4,7,14H2,1-2H3. The molecule has 0 heterocycles. The molecule has 142 valence electrons. The molecule has 2 rings (SSSR count). The average molecular weight is 369 g/mol. The zero-order valence-electron chi connectivity index (χ0n) is 15.5. The van der Waals surface area contributed by atoms with Crippen LogP contribution < -0.4 is 0 Å². The Kier molecular flexibility index (Phi) is 7.23. The summed E-state index contributed by atoms with van der Waals surface area (Å²) >= 11 is 0. The highest BCUT2D eigenvalue weighted by molar-refractivity contribution is 5.99. The molecule has 0 saturated carbocycles. The van der Waals surface area contributed by atoms with Crippen LogP contribution >= 0.6 is 0 Å². The van der Waals surface area contributed by atoms with Crippen LogP contribution in [0.1, 0.15) is 32.3 Å². The van der Waals surface area contributed by atoms with E-state index in [-0.39, 0.29) is 24.5 Å². The minimum atomic E-state index is -0.818. The first kappa shape index (κ1) is 20.3. The first-order valence-electron chi connectivity index (χ1n) is 9.00. The van der Waals surface area contributed by atoms with Gasteiger partial charge in [-0.3, -0.25) is 19.7 Å². The number of rotatable bonds is 9. The van der Waals surface area contributed by atoms with Crippen LogP contribution in [0, 0.1) is 16.0 Å². The number of hydrogen-bond acceptors (Lipinski definition) is 5. The van der Waals surface area contributed by atoms with E-state index in [9.17, 15) is 19.7 Å². The van der Waals surface area contributed by atoms with Crippen molar-refractivity contribution in [2.45, 2.75) is 33.1 Å². The lowest BCUT2D eigenvalue weighted by molar-refractivity contribution is -0.384. The van der Waals surface area contributed by atoms with E-state index >= 15 is 0 Å². The summed E-state index contributed by atoms with van der Waals surface area (Å²) in [6.07, 6.45) is 1.26. The zero-order chi connectivity index (χ0) is 19.8. The second-order valence-corrected chi connectivity index (χ2v) is 6.20. The first-order valence-corrected chi connectivity index (χ1v) is 9.00. The van der Waals surface area contributed by atoms with E-state index < -0.39 is 16.8 Å². The number of carbonyl (C=O) groups excluding carboxylic acids is 2. The SMILES string of the molecule is CCCC(=O)C(Cc1ccc(-c2ccccc2[N+](=O)[O-])cc1)C(=O)OCC. The van der Waals surface area contributed by atoms with Crippen molar-refractivity contribution in [3.63, 3.8) is 0 Å². The van der Waals surface area contributed by atoms with Crippen molar-refractivity contribution in [2.75, 3.05) is 6.61 Å². The molecule has 2 aromatic rings. The van der Waals surface area contributed by atoms with Crippen molar-refractivity contribution >= 4 is 17.4 Å². The van der Waals surface area contributed by atoms with Crippen LogP contribution in [0.25, 0.3) is 11.1 Å². The lowest BCUT2D eigenvalue weighted by Crippen LogP contribution is -2.28. The van der Waals surface area contributed by atoms with Crippen molar-refractivity contribution in [3.05, 3.63) is 64.2 Å². The van der Waals surface area contributed by atoms with Gasteiger partial charge in [0.1, 0.15) is 11.7 Å². The lowest BCUT2D eigenvalue weighted by atomic mass is 9.92. The number of ether oxygens (including phenoxy) is 1. The van der Waals surface area contributed by atoms with Crippen LogP contribution in [0.3, 0.4) is 0 Å². The number of esters is 1. The third-order valence-electron chi connectivity index (χ3n) is 4.26. The number of nitrogens with zero attached hydrogens (tertiary/aromatic N) is 1. The van der Waals surface area contributed by atoms with Gasteiger partial charge >= 0.3 is 5.97 Å². The van der Waals surface area contributed by atoms with Gasteiger partial charge in [-0.2, -0.15) is 0 Å². The number of Topliss-reactive ketones (excluding diaryl/α,β-unsaturated/α-hetero) is 1. The van der Waals surface area contributed by atoms with E-state index in [4.69, 9.17) is 4.74 Å². The maximum Gasteiger partial charge on any atom is 0.316 e. The summed E-state index contributed by atoms with van der Waals surface area (Å²) in [5.74, 6) is -1.45. The number of carbonyl (C=O) groups is 2. The maximum absolute atomic E-state index is 12.3. The molecule has 0 amide bonds. The van der Waals surface area contributed by atoms with Crippen LogP contribution in [0.5, 0.6) is 0 Å². The molecule has 6 nitrogen and oxygen atoms in total. The fourth-order valence-electron chi connectivity index (χ4n) is 2.93. The molecule has 6 heteroatoms. The maximum atomic E-state index is 12.3. The Hall–Kier alpha value is -3.02. The van der Waals surface area contributed by atoms with Gasteiger partial charge < -0.3 is 4.74 Å². The minimum absolute atomic E-state index is 0.0350. The van der Waals surface area contributed by atoms with Gasteiger partial charge in [-0.25, -0.2) is 0 Å². The molecular formula is C21H23NO5. The van der Waals surface area contributed by atoms with Crippen molar-refractivity contribution in [3.8, 4) is 11.1 Å². The molecule has 1 atom stereocenters. The highest BCUT2D eigenvalue weighted by Gasteiger charge is 2.27. The molecule has 0 bridgehead atoms. The number of hydrogen-bond donors (Lipinski definition) is 0. The van der Waals surface area contributed by atoms with E-state index in [0.29, 0.717) is 24.0 Å². The third kappa shape index (κ3) is 5.23. The number of para-hydroxylation sites is 1. The number of ketones is 1. The summed E-state index contributed by atoms with van der Waals surface area (Å²) in [7, 11) is 0. The number of benzene rings is 2. The molecule has 0 aliphatic rings. The zero-order valence-corrected chi connectivity index (χ0v) is 15.5. The molecule has 0 fully saturated rings. The Morgan fingerprint density at radius 2 is 1.74 bits per heavy atom. The summed E-state index contributed by atoms with van der Waals surface area (Å²) in [5.41, 5.74) is 2.07. The molecule has 0 aromatic heterocycles. The Bertz CT molecular complexity index is 796. The monoisotopic (exact) mass is 369 g/mol. The van der Waals surface area contributed by atoms with E-state index in [1.165, 1.54) is 6.07 Å². The van der Waals surface area contributed by atoms with Crippen LogP contribution in [-0.4, -0.2) is 23.3 Å². The van der Waals surface area contributed by atoms with Crippen molar-refractivity contribution < 1.29 is 19.2 Å². The van der Waals surface area contributed by atoms with Gasteiger partial charge in [-0.1, -0.05) is 43.3 Å². The lowest BCUT2D eigenvalue weighted by Gasteiger charge is -2.14. The highest BCUT2D eigenvalue weighted by Crippen LogP contribution is 2.30. The summed E-state index contributed by atoms with van der Waals surface area (Å²) < 4.78 is 5.04. The summed E-state index contributed by atoms with van der Waals surface area (Å²) in [4.78, 5) is 35.2. The van der Waals surface area contributed by atoms with Crippen LogP contribution in [0.2, 0.25) is 0 Å². The van der Waals surface area contributed by atoms with Gasteiger partial charge in [0.05, 0.1) is 17.1 Å². The summed E-state index contributed by atoms with van der Waals surface area (Å²) in [5, 5.41) is 11.2. The molecule has 27 heavy (non-hydrogen) atoms. The van der Waals surface area contributed by atoms with E-state index in [1.807, 2.05) is 6.92 Å². The fraction of sp³-hybridized carbons (Fsp3) is 0.333. The number of nitro groups is 1. The molecule has 0 N–H and O–H groups in total. The predicted molar refractivity (Wildman–Crippen MR) is 102 cm³/mol. The quantitative estimate of drug-likeness (QED) is 0.284. The van der Waals surface area contributed by atoms with Crippen LogP contribution in [-0.2, 0) is 20.7 Å². The minimum Gasteiger partial charge on any atom is -0.465 e. The van der Waals surface area contributed by atoms with Gasteiger partial charge in [-0.15, -0.1) is 0 Å². The summed E-state index contributed by atoms with van der Waals surface area (Å²) in [6, 6.07) is 13.6. The van der Waals surface area contributed by atoms with Gasteiger partial charge in [-0.05, 0) is 37.0 Å².